The van der Waals surface area contributed by atoms with Gasteiger partial charge in [0.15, 0.2) is 16.5 Å². The van der Waals surface area contributed by atoms with Gasteiger partial charge in [-0.25, -0.2) is 4.98 Å². The van der Waals surface area contributed by atoms with Crippen LogP contribution in [0.2, 0.25) is 0 Å². The Kier molecular flexibility index (Phi) is 3.72. The van der Waals surface area contributed by atoms with Gasteiger partial charge in [-0.1, -0.05) is 0 Å². The number of carboxylic acid groups (broad SMARTS) is 1. The summed E-state index contributed by atoms with van der Waals surface area (Å²) in [6.07, 6.45) is 1.73. The average Bonchev–Trinajstić information content (AvgIpc) is 3.09. The second kappa shape index (κ2) is 5.69. The molecule has 0 saturated heterocycles. The van der Waals surface area contributed by atoms with Crippen molar-refractivity contribution < 1.29 is 19.4 Å². The highest BCUT2D eigenvalue weighted by molar-refractivity contribution is 7.15. The van der Waals surface area contributed by atoms with Crippen LogP contribution in [0.3, 0.4) is 0 Å². The lowest BCUT2D eigenvalue weighted by Crippen LogP contribution is -2.04. The van der Waals surface area contributed by atoms with Crippen LogP contribution in [0.15, 0.2) is 29.8 Å². The Bertz CT molecular complexity index is 837. The average molecular weight is 318 g/mol. The monoisotopic (exact) mass is 318 g/mol. The number of ether oxygens (including phenoxy) is 2. The van der Waals surface area contributed by atoms with Crippen molar-refractivity contribution in [3.63, 3.8) is 0 Å². The quantitative estimate of drug-likeness (QED) is 0.783. The molecule has 0 fully saturated rings. The van der Waals surface area contributed by atoms with Crippen molar-refractivity contribution in [3.8, 4) is 22.8 Å². The molecule has 3 rings (SSSR count). The number of fused-ring (bicyclic) bond motifs is 1. The van der Waals surface area contributed by atoms with E-state index in [1.807, 2.05) is 22.0 Å². The van der Waals surface area contributed by atoms with Gasteiger partial charge in [0.25, 0.3) is 0 Å². The number of rotatable bonds is 5. The smallest absolute Gasteiger partial charge is 0.309 e. The molecule has 0 amide bonds. The highest BCUT2D eigenvalue weighted by atomic mass is 32.1. The maximum Gasteiger partial charge on any atom is 0.309 e. The van der Waals surface area contributed by atoms with E-state index >= 15 is 0 Å². The number of aliphatic carboxylic acids is 1. The zero-order valence-corrected chi connectivity index (χ0v) is 12.9. The van der Waals surface area contributed by atoms with Crippen molar-refractivity contribution in [1.29, 1.82) is 0 Å². The summed E-state index contributed by atoms with van der Waals surface area (Å²) in [5, 5.41) is 11.0. The maximum atomic E-state index is 11.2. The van der Waals surface area contributed by atoms with E-state index in [2.05, 4.69) is 4.98 Å². The van der Waals surface area contributed by atoms with E-state index in [-0.39, 0.29) is 6.42 Å². The van der Waals surface area contributed by atoms with E-state index in [0.29, 0.717) is 22.9 Å². The number of nitrogens with zero attached hydrogens (tertiary/aromatic N) is 2. The molecular weight excluding hydrogens is 304 g/mol. The van der Waals surface area contributed by atoms with E-state index in [9.17, 15) is 4.79 Å². The third-order valence-corrected chi connectivity index (χ3v) is 4.09. The Hall–Kier alpha value is -2.54. The van der Waals surface area contributed by atoms with Crippen molar-refractivity contribution in [2.75, 3.05) is 14.2 Å². The molecule has 7 heteroatoms. The predicted molar refractivity (Wildman–Crippen MR) is 82.9 cm³/mol. The fourth-order valence-electron chi connectivity index (χ4n) is 2.36. The molecule has 0 atom stereocenters. The molecule has 2 aromatic heterocycles. The zero-order valence-electron chi connectivity index (χ0n) is 12.1. The summed E-state index contributed by atoms with van der Waals surface area (Å²) in [6.45, 7) is 0. The SMILES string of the molecule is COc1ccc(-c2nc3sccn3c2CC(=O)O)cc1OC. The minimum absolute atomic E-state index is 0.0957. The molecule has 1 aromatic carbocycles. The van der Waals surface area contributed by atoms with E-state index in [1.54, 1.807) is 26.4 Å². The largest absolute Gasteiger partial charge is 0.493 e. The Morgan fingerprint density at radius 1 is 1.32 bits per heavy atom. The fraction of sp³-hybridized carbons (Fsp3) is 0.200. The molecule has 114 valence electrons. The van der Waals surface area contributed by atoms with Crippen molar-refractivity contribution in [2.24, 2.45) is 0 Å². The van der Waals surface area contributed by atoms with Crippen LogP contribution < -0.4 is 9.47 Å². The van der Waals surface area contributed by atoms with E-state index < -0.39 is 5.97 Å². The minimum atomic E-state index is -0.894. The molecule has 0 spiro atoms. The molecule has 0 aliphatic rings. The Labute approximate surface area is 130 Å². The molecule has 0 radical (unpaired) electrons. The second-order valence-corrected chi connectivity index (χ2v) is 5.48. The molecule has 0 bridgehead atoms. The predicted octanol–water partition coefficient (Wildman–Crippen LogP) is 2.71. The summed E-state index contributed by atoms with van der Waals surface area (Å²) in [4.78, 5) is 16.5. The lowest BCUT2D eigenvalue weighted by atomic mass is 10.1. The van der Waals surface area contributed by atoms with Gasteiger partial charge < -0.3 is 14.6 Å². The highest BCUT2D eigenvalue weighted by Gasteiger charge is 2.18. The van der Waals surface area contributed by atoms with Crippen LogP contribution in [0, 0.1) is 0 Å². The second-order valence-electron chi connectivity index (χ2n) is 4.60. The maximum absolute atomic E-state index is 11.2. The van der Waals surface area contributed by atoms with E-state index in [1.165, 1.54) is 11.3 Å². The molecular formula is C15H14N2O4S. The number of hydrogen-bond donors (Lipinski definition) is 1. The molecule has 0 saturated carbocycles. The van der Waals surface area contributed by atoms with Crippen LogP contribution in [-0.2, 0) is 11.2 Å². The highest BCUT2D eigenvalue weighted by Crippen LogP contribution is 2.34. The van der Waals surface area contributed by atoms with Gasteiger partial charge in [0.2, 0.25) is 0 Å². The number of carboxylic acids is 1. The molecule has 6 nitrogen and oxygen atoms in total. The van der Waals surface area contributed by atoms with E-state index in [4.69, 9.17) is 14.6 Å². The van der Waals surface area contributed by atoms with Gasteiger partial charge >= 0.3 is 5.97 Å². The summed E-state index contributed by atoms with van der Waals surface area (Å²) in [5.74, 6) is 0.305. The Morgan fingerprint density at radius 3 is 2.77 bits per heavy atom. The lowest BCUT2D eigenvalue weighted by Gasteiger charge is -2.09. The summed E-state index contributed by atoms with van der Waals surface area (Å²) >= 11 is 1.46. The van der Waals surface area contributed by atoms with Crippen LogP contribution >= 0.6 is 11.3 Å². The van der Waals surface area contributed by atoms with Gasteiger partial charge in [-0.3, -0.25) is 9.20 Å². The van der Waals surface area contributed by atoms with Crippen molar-refractivity contribution in [1.82, 2.24) is 9.38 Å². The summed E-state index contributed by atoms with van der Waals surface area (Å²) in [6, 6.07) is 5.43. The molecule has 2 heterocycles. The van der Waals surface area contributed by atoms with Gasteiger partial charge in [0.1, 0.15) is 0 Å². The normalized spacial score (nSPS) is 10.8. The number of thiazole rings is 1. The van der Waals surface area contributed by atoms with Crippen LogP contribution in [-0.4, -0.2) is 34.7 Å². The van der Waals surface area contributed by atoms with Gasteiger partial charge in [-0.2, -0.15) is 0 Å². The zero-order chi connectivity index (χ0) is 15.7. The van der Waals surface area contributed by atoms with Crippen LogP contribution in [0.4, 0.5) is 0 Å². The molecule has 3 aromatic rings. The summed E-state index contributed by atoms with van der Waals surface area (Å²) < 4.78 is 12.3. The topological polar surface area (TPSA) is 73.1 Å². The summed E-state index contributed by atoms with van der Waals surface area (Å²) in [7, 11) is 3.13. The standard InChI is InChI=1S/C15H14N2O4S/c1-20-11-4-3-9(7-12(11)21-2)14-10(8-13(18)19)17-5-6-22-15(17)16-14/h3-7H,8H2,1-2H3,(H,18,19). The summed E-state index contributed by atoms with van der Waals surface area (Å²) in [5.41, 5.74) is 2.09. The number of methoxy groups -OCH3 is 2. The molecule has 22 heavy (non-hydrogen) atoms. The van der Waals surface area contributed by atoms with Crippen LogP contribution in [0.25, 0.3) is 16.2 Å². The first-order chi connectivity index (χ1) is 10.6. The Balaban J connectivity index is 2.16. The van der Waals surface area contributed by atoms with Gasteiger partial charge in [0, 0.05) is 17.1 Å². The van der Waals surface area contributed by atoms with Crippen LogP contribution in [0.1, 0.15) is 5.69 Å². The number of aromatic nitrogens is 2. The van der Waals surface area contributed by atoms with Crippen molar-refractivity contribution in [2.45, 2.75) is 6.42 Å². The minimum Gasteiger partial charge on any atom is -0.493 e. The number of carbonyl (C=O) groups is 1. The lowest BCUT2D eigenvalue weighted by molar-refractivity contribution is -0.136. The number of hydrogen-bond acceptors (Lipinski definition) is 5. The first-order valence-corrected chi connectivity index (χ1v) is 7.40. The first kappa shape index (κ1) is 14.4. The van der Waals surface area contributed by atoms with Gasteiger partial charge in [-0.15, -0.1) is 11.3 Å². The van der Waals surface area contributed by atoms with E-state index in [0.717, 1.165) is 10.5 Å². The molecule has 0 aliphatic carbocycles. The van der Waals surface area contributed by atoms with Gasteiger partial charge in [-0.05, 0) is 18.2 Å². The fourth-order valence-corrected chi connectivity index (χ4v) is 3.09. The third-order valence-electron chi connectivity index (χ3n) is 3.34. The van der Waals surface area contributed by atoms with Gasteiger partial charge in [0.05, 0.1) is 32.0 Å². The number of benzene rings is 1. The van der Waals surface area contributed by atoms with Crippen molar-refractivity contribution in [3.05, 3.63) is 35.5 Å². The number of imidazole rings is 1. The third kappa shape index (κ3) is 2.39. The molecule has 0 unspecified atom stereocenters. The van der Waals surface area contributed by atoms with Crippen LogP contribution in [0.5, 0.6) is 11.5 Å². The van der Waals surface area contributed by atoms with Crippen molar-refractivity contribution >= 4 is 22.3 Å². The Morgan fingerprint density at radius 2 is 2.09 bits per heavy atom. The molecule has 1 N–H and O–H groups in total. The first-order valence-electron chi connectivity index (χ1n) is 6.52. The molecule has 0 aliphatic heterocycles.